The number of hydrogen-bond donors (Lipinski definition) is 2. The smallest absolute Gasteiger partial charge is 0.161 e. The van der Waals surface area contributed by atoms with Crippen molar-refractivity contribution in [3.63, 3.8) is 0 Å². The van der Waals surface area contributed by atoms with Crippen LogP contribution in [0.5, 0.6) is 0 Å². The fraction of sp³-hybridized carbons (Fsp3) is 0.125. The van der Waals surface area contributed by atoms with E-state index in [0.717, 1.165) is 16.6 Å². The zero-order chi connectivity index (χ0) is 23.2. The minimum Gasteiger partial charge on any atom is -0.472 e. The van der Waals surface area contributed by atoms with Crippen molar-refractivity contribution >= 4 is 21.9 Å². The van der Waals surface area contributed by atoms with Crippen LogP contribution in [0.2, 0.25) is 0 Å². The largest absolute Gasteiger partial charge is 0.472 e. The Hall–Kier alpha value is -4.44. The number of furan rings is 1. The highest BCUT2D eigenvalue weighted by Gasteiger charge is 2.21. The number of halogens is 1. The zero-order valence-electron chi connectivity index (χ0n) is 18.4. The lowest BCUT2D eigenvalue weighted by Gasteiger charge is -2.10. The first-order valence-corrected chi connectivity index (χ1v) is 10.6. The van der Waals surface area contributed by atoms with E-state index in [4.69, 9.17) is 9.40 Å². The van der Waals surface area contributed by atoms with Gasteiger partial charge in [-0.05, 0) is 37.9 Å². The molecule has 0 amide bonds. The normalized spacial score (nSPS) is 11.8. The summed E-state index contributed by atoms with van der Waals surface area (Å²) in [5.41, 5.74) is 5.48. The number of aromatic amines is 2. The third-order valence-corrected chi connectivity index (χ3v) is 5.53. The summed E-state index contributed by atoms with van der Waals surface area (Å²) >= 11 is 0. The number of pyridine rings is 3. The Kier molecular flexibility index (Phi) is 4.66. The van der Waals surface area contributed by atoms with E-state index in [1.54, 1.807) is 37.3 Å². The van der Waals surface area contributed by atoms with Gasteiger partial charge in [-0.25, -0.2) is 9.37 Å². The number of aromatic nitrogens is 7. The fourth-order valence-electron chi connectivity index (χ4n) is 4.07. The number of H-pyrrole nitrogens is 2. The van der Waals surface area contributed by atoms with E-state index in [9.17, 15) is 0 Å². The number of rotatable bonds is 5. The maximum atomic E-state index is 15.9. The molecule has 0 aromatic carbocycles. The highest BCUT2D eigenvalue weighted by Crippen LogP contribution is 2.34. The topological polar surface area (TPSA) is 112 Å². The van der Waals surface area contributed by atoms with Gasteiger partial charge in [-0.3, -0.25) is 20.1 Å². The summed E-state index contributed by atoms with van der Waals surface area (Å²) in [6, 6.07) is 5.53. The molecule has 0 aliphatic rings. The third-order valence-electron chi connectivity index (χ3n) is 5.53. The van der Waals surface area contributed by atoms with E-state index in [2.05, 4.69) is 30.1 Å². The van der Waals surface area contributed by atoms with Crippen LogP contribution in [0.25, 0.3) is 56.0 Å². The highest BCUT2D eigenvalue weighted by atomic mass is 19.1. The van der Waals surface area contributed by atoms with E-state index in [1.807, 2.05) is 37.2 Å². The molecule has 0 saturated carbocycles. The molecule has 0 radical (unpaired) electrons. The van der Waals surface area contributed by atoms with Crippen LogP contribution >= 0.6 is 0 Å². The minimum absolute atomic E-state index is 0.208. The molecule has 6 aromatic rings. The van der Waals surface area contributed by atoms with Gasteiger partial charge in [-0.1, -0.05) is 0 Å². The first-order valence-electron chi connectivity index (χ1n) is 10.6. The fourth-order valence-corrected chi connectivity index (χ4v) is 4.07. The van der Waals surface area contributed by atoms with Crippen LogP contribution in [-0.2, 0) is 6.54 Å². The van der Waals surface area contributed by atoms with Crippen LogP contribution in [0.15, 0.2) is 59.9 Å². The van der Waals surface area contributed by atoms with Gasteiger partial charge in [0.05, 0.1) is 35.1 Å². The van der Waals surface area contributed by atoms with Crippen LogP contribution in [0.1, 0.15) is 5.56 Å². The first-order chi connectivity index (χ1) is 16.6. The van der Waals surface area contributed by atoms with Gasteiger partial charge in [-0.15, -0.1) is 0 Å². The molecule has 6 rings (SSSR count). The van der Waals surface area contributed by atoms with Crippen LogP contribution in [-0.4, -0.2) is 54.1 Å². The molecule has 0 aliphatic carbocycles. The van der Waals surface area contributed by atoms with Crippen molar-refractivity contribution in [1.29, 1.82) is 0 Å². The Morgan fingerprint density at radius 3 is 2.74 bits per heavy atom. The van der Waals surface area contributed by atoms with Crippen molar-refractivity contribution < 1.29 is 8.81 Å². The molecule has 0 saturated heterocycles. The predicted octanol–water partition coefficient (Wildman–Crippen LogP) is 4.42. The maximum absolute atomic E-state index is 15.9. The first kappa shape index (κ1) is 20.2. The van der Waals surface area contributed by atoms with Crippen LogP contribution in [0.3, 0.4) is 0 Å². The van der Waals surface area contributed by atoms with Gasteiger partial charge in [0.1, 0.15) is 22.6 Å². The van der Waals surface area contributed by atoms with Gasteiger partial charge in [0, 0.05) is 36.3 Å². The van der Waals surface area contributed by atoms with Gasteiger partial charge in [0.2, 0.25) is 0 Å². The SMILES string of the molecule is CN(C)Cc1cncc(-c2ncc3[nH]nc(-c4nc5c(-c6ccoc6)nccc5[nH]4)c3c2F)c1. The van der Waals surface area contributed by atoms with Crippen LogP contribution in [0, 0.1) is 5.82 Å². The standard InChI is InChI=1S/C24H19FN8O/c1-33(2)11-13-7-15(9-26-8-13)20-19(25)18-17(10-28-20)31-32-23(18)24-29-16-3-5-27-21(22(16)30-24)14-4-6-34-12-14/h3-10,12H,11H2,1-2H3,(H,29,30)(H,31,32). The quantitative estimate of drug-likeness (QED) is 0.396. The summed E-state index contributed by atoms with van der Waals surface area (Å²) in [5.74, 6) is -0.0618. The monoisotopic (exact) mass is 454 g/mol. The van der Waals surface area contributed by atoms with Crippen molar-refractivity contribution in [3.8, 4) is 34.0 Å². The van der Waals surface area contributed by atoms with E-state index in [0.29, 0.717) is 45.7 Å². The number of hydrogen-bond acceptors (Lipinski definition) is 7. The summed E-state index contributed by atoms with van der Waals surface area (Å²) in [6.45, 7) is 0.688. The molecule has 168 valence electrons. The van der Waals surface area contributed by atoms with Crippen molar-refractivity contribution in [2.45, 2.75) is 6.54 Å². The van der Waals surface area contributed by atoms with E-state index in [-0.39, 0.29) is 5.69 Å². The Balaban J connectivity index is 1.50. The molecule has 0 atom stereocenters. The Bertz CT molecular complexity index is 1630. The van der Waals surface area contributed by atoms with E-state index >= 15 is 4.39 Å². The van der Waals surface area contributed by atoms with E-state index < -0.39 is 5.82 Å². The van der Waals surface area contributed by atoms with Gasteiger partial charge >= 0.3 is 0 Å². The average Bonchev–Trinajstić information content (AvgIpc) is 3.57. The molecule has 0 fully saturated rings. The molecule has 0 bridgehead atoms. The molecule has 0 unspecified atom stereocenters. The second-order valence-electron chi connectivity index (χ2n) is 8.25. The number of imidazole rings is 1. The molecule has 2 N–H and O–H groups in total. The molecule has 0 aliphatic heterocycles. The van der Waals surface area contributed by atoms with Gasteiger partial charge in [-0.2, -0.15) is 5.10 Å². The predicted molar refractivity (Wildman–Crippen MR) is 125 cm³/mol. The van der Waals surface area contributed by atoms with Gasteiger partial charge in [0.15, 0.2) is 11.6 Å². The second-order valence-corrected chi connectivity index (χ2v) is 8.25. The molecule has 6 heterocycles. The van der Waals surface area contributed by atoms with Gasteiger partial charge in [0.25, 0.3) is 0 Å². The Morgan fingerprint density at radius 2 is 1.91 bits per heavy atom. The van der Waals surface area contributed by atoms with Crippen LogP contribution < -0.4 is 0 Å². The van der Waals surface area contributed by atoms with Crippen molar-refractivity contribution in [2.24, 2.45) is 0 Å². The zero-order valence-corrected chi connectivity index (χ0v) is 18.4. The summed E-state index contributed by atoms with van der Waals surface area (Å²) in [6.07, 6.45) is 9.83. The summed E-state index contributed by atoms with van der Waals surface area (Å²) in [5, 5.41) is 7.52. The number of nitrogens with zero attached hydrogens (tertiary/aromatic N) is 6. The van der Waals surface area contributed by atoms with Crippen molar-refractivity contribution in [3.05, 3.63) is 66.9 Å². The molecular weight excluding hydrogens is 435 g/mol. The van der Waals surface area contributed by atoms with Crippen molar-refractivity contribution in [1.82, 2.24) is 40.0 Å². The van der Waals surface area contributed by atoms with E-state index in [1.165, 1.54) is 0 Å². The molecule has 10 heteroatoms. The second kappa shape index (κ2) is 7.85. The highest BCUT2D eigenvalue weighted by molar-refractivity contribution is 5.97. The molecule has 9 nitrogen and oxygen atoms in total. The molecule has 6 aromatic heterocycles. The Labute approximate surface area is 192 Å². The summed E-state index contributed by atoms with van der Waals surface area (Å²) < 4.78 is 21.1. The number of fused-ring (bicyclic) bond motifs is 2. The molecular formula is C24H19FN8O. The minimum atomic E-state index is -0.487. The average molecular weight is 454 g/mol. The van der Waals surface area contributed by atoms with Crippen molar-refractivity contribution in [2.75, 3.05) is 14.1 Å². The number of nitrogens with one attached hydrogen (secondary N) is 2. The lowest BCUT2D eigenvalue weighted by atomic mass is 10.1. The molecule has 34 heavy (non-hydrogen) atoms. The Morgan fingerprint density at radius 1 is 1.00 bits per heavy atom. The summed E-state index contributed by atoms with van der Waals surface area (Å²) in [7, 11) is 3.94. The maximum Gasteiger partial charge on any atom is 0.161 e. The molecule has 0 spiro atoms. The van der Waals surface area contributed by atoms with Crippen LogP contribution in [0.4, 0.5) is 4.39 Å². The van der Waals surface area contributed by atoms with Gasteiger partial charge < -0.3 is 14.3 Å². The lowest BCUT2D eigenvalue weighted by molar-refractivity contribution is 0.402. The third kappa shape index (κ3) is 3.32. The lowest BCUT2D eigenvalue weighted by Crippen LogP contribution is -2.10. The summed E-state index contributed by atoms with van der Waals surface area (Å²) in [4.78, 5) is 23.0.